The number of nitrogens with one attached hydrogen (secondary N) is 1. The molecule has 0 radical (unpaired) electrons. The van der Waals surface area contributed by atoms with Gasteiger partial charge in [-0.05, 0) is 59.7 Å². The Morgan fingerprint density at radius 3 is 2.84 bits per heavy atom. The van der Waals surface area contributed by atoms with Gasteiger partial charge in [-0.1, -0.05) is 31.9 Å². The molecule has 102 valence electrons. The van der Waals surface area contributed by atoms with Crippen molar-refractivity contribution in [3.8, 4) is 6.07 Å². The van der Waals surface area contributed by atoms with E-state index in [1.54, 1.807) is 0 Å². The molecule has 1 aromatic carbocycles. The Morgan fingerprint density at radius 2 is 2.16 bits per heavy atom. The smallest absolute Gasteiger partial charge is 0.125 e. The number of hydrogen-bond donors (Lipinski definition) is 1. The number of nitrogens with zero attached hydrogens (tertiary/aromatic N) is 1. The second-order valence-electron chi connectivity index (χ2n) is 5.50. The van der Waals surface area contributed by atoms with Crippen molar-refractivity contribution < 1.29 is 0 Å². The SMILES string of the molecule is CCC1CCCC(C#N)(Nc2ccccc2Br)CC1. The molecule has 1 aliphatic rings. The molecule has 0 aliphatic heterocycles. The normalized spacial score (nSPS) is 27.3. The molecule has 1 N–H and O–H groups in total. The lowest BCUT2D eigenvalue weighted by molar-refractivity contribution is 0.436. The first-order valence-corrected chi connectivity index (χ1v) is 7.92. The van der Waals surface area contributed by atoms with Crippen LogP contribution < -0.4 is 5.32 Å². The molecule has 0 saturated heterocycles. The van der Waals surface area contributed by atoms with E-state index in [2.05, 4.69) is 34.2 Å². The molecule has 3 heteroatoms. The van der Waals surface area contributed by atoms with E-state index in [1.165, 1.54) is 12.8 Å². The maximum Gasteiger partial charge on any atom is 0.125 e. The lowest BCUT2D eigenvalue weighted by Crippen LogP contribution is -2.36. The third-order valence-electron chi connectivity index (χ3n) is 4.23. The van der Waals surface area contributed by atoms with Crippen LogP contribution in [0.15, 0.2) is 28.7 Å². The van der Waals surface area contributed by atoms with Crippen LogP contribution in [0.25, 0.3) is 0 Å². The van der Waals surface area contributed by atoms with E-state index >= 15 is 0 Å². The highest BCUT2D eigenvalue weighted by atomic mass is 79.9. The van der Waals surface area contributed by atoms with Gasteiger partial charge in [-0.15, -0.1) is 0 Å². The molecule has 0 bridgehead atoms. The van der Waals surface area contributed by atoms with E-state index < -0.39 is 5.54 Å². The highest BCUT2D eigenvalue weighted by molar-refractivity contribution is 9.10. The highest BCUT2D eigenvalue weighted by Crippen LogP contribution is 2.35. The molecule has 1 aliphatic carbocycles. The number of nitriles is 1. The third-order valence-corrected chi connectivity index (χ3v) is 4.93. The van der Waals surface area contributed by atoms with Gasteiger partial charge in [-0.25, -0.2) is 0 Å². The van der Waals surface area contributed by atoms with Crippen LogP contribution >= 0.6 is 15.9 Å². The molecule has 2 unspecified atom stereocenters. The first kappa shape index (κ1) is 14.4. The largest absolute Gasteiger partial charge is 0.366 e. The summed E-state index contributed by atoms with van der Waals surface area (Å²) in [5, 5.41) is 13.1. The number of para-hydroxylation sites is 1. The maximum absolute atomic E-state index is 9.65. The standard InChI is InChI=1S/C16H21BrN2/c1-2-13-6-5-10-16(12-18,11-9-13)19-15-8-4-3-7-14(15)17/h3-4,7-8,13,19H,2,5-6,9-11H2,1H3. The summed E-state index contributed by atoms with van der Waals surface area (Å²) in [6.07, 6.45) is 6.68. The predicted octanol–water partition coefficient (Wildman–Crippen LogP) is 5.11. The predicted molar refractivity (Wildman–Crippen MR) is 83.0 cm³/mol. The number of rotatable bonds is 3. The van der Waals surface area contributed by atoms with E-state index in [-0.39, 0.29) is 0 Å². The Labute approximate surface area is 124 Å². The van der Waals surface area contributed by atoms with Crippen molar-refractivity contribution in [2.24, 2.45) is 5.92 Å². The molecule has 0 heterocycles. The summed E-state index contributed by atoms with van der Waals surface area (Å²) >= 11 is 3.55. The second kappa shape index (κ2) is 6.43. The molecule has 2 nitrogen and oxygen atoms in total. The topological polar surface area (TPSA) is 35.8 Å². The fourth-order valence-corrected chi connectivity index (χ4v) is 3.29. The van der Waals surface area contributed by atoms with Crippen LogP contribution in [0.1, 0.15) is 45.4 Å². The van der Waals surface area contributed by atoms with Gasteiger partial charge in [0.15, 0.2) is 0 Å². The Hall–Kier alpha value is -1.01. The zero-order valence-corrected chi connectivity index (χ0v) is 13.0. The third kappa shape index (κ3) is 3.51. The van der Waals surface area contributed by atoms with Gasteiger partial charge in [0.25, 0.3) is 0 Å². The van der Waals surface area contributed by atoms with Crippen molar-refractivity contribution in [3.05, 3.63) is 28.7 Å². The zero-order valence-electron chi connectivity index (χ0n) is 11.5. The van der Waals surface area contributed by atoms with Crippen LogP contribution in [0, 0.1) is 17.2 Å². The van der Waals surface area contributed by atoms with Gasteiger partial charge in [-0.3, -0.25) is 0 Å². The van der Waals surface area contributed by atoms with Crippen LogP contribution in [0.4, 0.5) is 5.69 Å². The van der Waals surface area contributed by atoms with E-state index in [9.17, 15) is 5.26 Å². The number of hydrogen-bond acceptors (Lipinski definition) is 2. The second-order valence-corrected chi connectivity index (χ2v) is 6.36. The van der Waals surface area contributed by atoms with E-state index in [4.69, 9.17) is 0 Å². The Bertz CT molecular complexity index is 466. The van der Waals surface area contributed by atoms with Crippen LogP contribution in [0.5, 0.6) is 0 Å². The molecule has 1 fully saturated rings. The summed E-state index contributed by atoms with van der Waals surface area (Å²) < 4.78 is 1.03. The number of anilines is 1. The highest BCUT2D eigenvalue weighted by Gasteiger charge is 2.33. The van der Waals surface area contributed by atoms with Gasteiger partial charge < -0.3 is 5.32 Å². The molecule has 2 rings (SSSR count). The minimum absolute atomic E-state index is 0.395. The first-order valence-electron chi connectivity index (χ1n) is 7.13. The molecule has 0 aromatic heterocycles. The van der Waals surface area contributed by atoms with Crippen LogP contribution in [0.3, 0.4) is 0 Å². The van der Waals surface area contributed by atoms with Crippen LogP contribution in [-0.2, 0) is 0 Å². The van der Waals surface area contributed by atoms with Crippen molar-refractivity contribution in [2.45, 2.75) is 51.0 Å². The monoisotopic (exact) mass is 320 g/mol. The van der Waals surface area contributed by atoms with Crippen molar-refractivity contribution in [3.63, 3.8) is 0 Å². The Kier molecular flexibility index (Phi) is 4.87. The summed E-state index contributed by atoms with van der Waals surface area (Å²) in [6.45, 7) is 2.26. The Balaban J connectivity index is 2.15. The molecule has 1 aromatic rings. The van der Waals surface area contributed by atoms with Gasteiger partial charge in [0, 0.05) is 10.2 Å². The van der Waals surface area contributed by atoms with E-state index in [0.29, 0.717) is 0 Å². The summed E-state index contributed by atoms with van der Waals surface area (Å²) in [4.78, 5) is 0. The van der Waals surface area contributed by atoms with Crippen molar-refractivity contribution in [2.75, 3.05) is 5.32 Å². The van der Waals surface area contributed by atoms with E-state index in [0.717, 1.165) is 41.8 Å². The Morgan fingerprint density at radius 1 is 1.37 bits per heavy atom. The summed E-state index contributed by atoms with van der Waals surface area (Å²) in [5.41, 5.74) is 0.632. The number of halogens is 1. The molecular formula is C16H21BrN2. The van der Waals surface area contributed by atoms with Gasteiger partial charge in [0.1, 0.15) is 5.54 Å². The zero-order chi connectivity index (χ0) is 13.7. The average Bonchev–Trinajstić information content (AvgIpc) is 2.64. The maximum atomic E-state index is 9.65. The summed E-state index contributed by atoms with van der Waals surface area (Å²) in [7, 11) is 0. The fourth-order valence-electron chi connectivity index (χ4n) is 2.91. The lowest BCUT2D eigenvalue weighted by atomic mass is 9.90. The number of benzene rings is 1. The van der Waals surface area contributed by atoms with Crippen molar-refractivity contribution in [1.82, 2.24) is 0 Å². The summed E-state index contributed by atoms with van der Waals surface area (Å²) in [5.74, 6) is 0.788. The molecule has 0 spiro atoms. The average molecular weight is 321 g/mol. The van der Waals surface area contributed by atoms with Gasteiger partial charge in [-0.2, -0.15) is 5.26 Å². The van der Waals surface area contributed by atoms with Crippen molar-refractivity contribution in [1.29, 1.82) is 5.26 Å². The van der Waals surface area contributed by atoms with Crippen LogP contribution in [-0.4, -0.2) is 5.54 Å². The molecular weight excluding hydrogens is 300 g/mol. The van der Waals surface area contributed by atoms with Crippen LogP contribution in [0.2, 0.25) is 0 Å². The molecule has 0 amide bonds. The van der Waals surface area contributed by atoms with Crippen molar-refractivity contribution >= 4 is 21.6 Å². The molecule has 2 atom stereocenters. The molecule has 1 saturated carbocycles. The lowest BCUT2D eigenvalue weighted by Gasteiger charge is -2.28. The minimum atomic E-state index is -0.395. The van der Waals surface area contributed by atoms with Gasteiger partial charge >= 0.3 is 0 Å². The summed E-state index contributed by atoms with van der Waals surface area (Å²) in [6, 6.07) is 10.6. The first-order chi connectivity index (χ1) is 9.19. The van der Waals surface area contributed by atoms with E-state index in [1.807, 2.05) is 24.3 Å². The van der Waals surface area contributed by atoms with Gasteiger partial charge in [0.2, 0.25) is 0 Å². The molecule has 19 heavy (non-hydrogen) atoms. The van der Waals surface area contributed by atoms with Gasteiger partial charge in [0.05, 0.1) is 6.07 Å². The fraction of sp³-hybridized carbons (Fsp3) is 0.562. The quantitative estimate of drug-likeness (QED) is 0.785. The minimum Gasteiger partial charge on any atom is -0.366 e.